The Labute approximate surface area is 197 Å². The number of fused-ring (bicyclic) bond motifs is 4. The van der Waals surface area contributed by atoms with E-state index in [2.05, 4.69) is 58.9 Å². The van der Waals surface area contributed by atoms with Gasteiger partial charge in [-0.05, 0) is 47.6 Å². The molecule has 1 N–H and O–H groups in total. The first-order valence-corrected chi connectivity index (χ1v) is 12.7. The third-order valence-corrected chi connectivity index (χ3v) is 8.50. The molecule has 0 fully saturated rings. The van der Waals surface area contributed by atoms with E-state index in [1.165, 1.54) is 32.9 Å². The number of aryl methyl sites for hydroxylation is 1. The highest BCUT2D eigenvalue weighted by Gasteiger charge is 2.32. The van der Waals surface area contributed by atoms with Crippen LogP contribution in [0.2, 0.25) is 0 Å². The van der Waals surface area contributed by atoms with Crippen molar-refractivity contribution in [2.24, 2.45) is 4.99 Å². The Kier molecular flexibility index (Phi) is 4.19. The quantitative estimate of drug-likeness (QED) is 0.398. The first kappa shape index (κ1) is 19.0. The van der Waals surface area contributed by atoms with Crippen LogP contribution in [-0.2, 0) is 6.42 Å². The second-order valence-corrected chi connectivity index (χ2v) is 10.4. The van der Waals surface area contributed by atoms with Gasteiger partial charge in [0.15, 0.2) is 4.80 Å². The maximum absolute atomic E-state index is 13.8. The Morgan fingerprint density at radius 2 is 1.91 bits per heavy atom. The number of thiophene rings is 1. The predicted octanol–water partition coefficient (Wildman–Crippen LogP) is 4.86. The maximum Gasteiger partial charge on any atom is 0.271 e. The van der Waals surface area contributed by atoms with Gasteiger partial charge in [0.25, 0.3) is 5.56 Å². The van der Waals surface area contributed by atoms with Gasteiger partial charge in [0.2, 0.25) is 0 Å². The minimum Gasteiger partial charge on any atom is -0.361 e. The van der Waals surface area contributed by atoms with Crippen molar-refractivity contribution < 1.29 is 0 Å². The van der Waals surface area contributed by atoms with E-state index in [4.69, 9.17) is 4.99 Å². The van der Waals surface area contributed by atoms with Crippen molar-refractivity contribution >= 4 is 45.3 Å². The molecule has 0 saturated carbocycles. The van der Waals surface area contributed by atoms with E-state index >= 15 is 0 Å². The number of aromatic nitrogens is 2. The van der Waals surface area contributed by atoms with Gasteiger partial charge in [-0.15, -0.1) is 11.3 Å². The van der Waals surface area contributed by atoms with Crippen LogP contribution in [0, 0.1) is 0 Å². The van der Waals surface area contributed by atoms with Gasteiger partial charge in [-0.2, -0.15) is 0 Å². The van der Waals surface area contributed by atoms with Crippen molar-refractivity contribution in [1.82, 2.24) is 9.55 Å². The lowest BCUT2D eigenvalue weighted by Crippen LogP contribution is -2.38. The molecule has 5 aromatic rings. The van der Waals surface area contributed by atoms with E-state index in [9.17, 15) is 4.79 Å². The zero-order valence-corrected chi connectivity index (χ0v) is 19.2. The molecule has 3 aromatic heterocycles. The highest BCUT2D eigenvalue weighted by atomic mass is 32.1. The van der Waals surface area contributed by atoms with Crippen molar-refractivity contribution in [3.05, 3.63) is 119 Å². The second-order valence-electron chi connectivity index (χ2n) is 8.42. The van der Waals surface area contributed by atoms with Crippen molar-refractivity contribution in [3.8, 4) is 0 Å². The molecule has 33 heavy (non-hydrogen) atoms. The van der Waals surface area contributed by atoms with Crippen LogP contribution >= 0.6 is 22.7 Å². The van der Waals surface area contributed by atoms with E-state index < -0.39 is 0 Å². The zero-order valence-electron chi connectivity index (χ0n) is 17.6. The van der Waals surface area contributed by atoms with Gasteiger partial charge < -0.3 is 4.98 Å². The average molecular weight is 466 g/mol. The maximum atomic E-state index is 13.8. The Balaban J connectivity index is 1.50. The van der Waals surface area contributed by atoms with Crippen molar-refractivity contribution in [2.75, 3.05) is 0 Å². The molecule has 0 amide bonds. The summed E-state index contributed by atoms with van der Waals surface area (Å²) < 4.78 is 2.64. The number of H-pyrrole nitrogens is 1. The third-order valence-electron chi connectivity index (χ3n) is 6.59. The van der Waals surface area contributed by atoms with Crippen LogP contribution in [0.15, 0.2) is 87.6 Å². The first-order chi connectivity index (χ1) is 16.3. The number of aromatic amines is 1. The number of nitrogens with one attached hydrogen (secondary N) is 1. The number of nitrogens with zero attached hydrogens (tertiary/aromatic N) is 2. The molecule has 2 aromatic carbocycles. The monoisotopic (exact) mass is 465 g/mol. The number of thiazole rings is 1. The highest BCUT2D eigenvalue weighted by molar-refractivity contribution is 7.10. The molecule has 160 valence electrons. The minimum atomic E-state index is -0.0882. The van der Waals surface area contributed by atoms with Gasteiger partial charge >= 0.3 is 0 Å². The molecule has 6 heteroatoms. The summed E-state index contributed by atoms with van der Waals surface area (Å²) in [5.74, 6) is 0. The van der Waals surface area contributed by atoms with Crippen molar-refractivity contribution in [1.29, 1.82) is 0 Å². The lowest BCUT2D eigenvalue weighted by Gasteiger charge is -2.30. The van der Waals surface area contributed by atoms with Crippen LogP contribution in [0.3, 0.4) is 0 Å². The second kappa shape index (κ2) is 7.27. The SMILES string of the molecule is O=c1/c(=C/c2c[nH]c3ccccc23)sc2n1[C@H](c1cccs1)C1=C(N=2)c2ccccc2CC1. The van der Waals surface area contributed by atoms with E-state index in [0.717, 1.165) is 39.8 Å². The van der Waals surface area contributed by atoms with E-state index in [-0.39, 0.29) is 11.6 Å². The number of benzene rings is 2. The molecule has 0 radical (unpaired) electrons. The molecular formula is C27H19N3OS2. The number of hydrogen-bond acceptors (Lipinski definition) is 4. The zero-order chi connectivity index (χ0) is 21.9. The van der Waals surface area contributed by atoms with E-state index in [1.54, 1.807) is 11.3 Å². The number of rotatable bonds is 2. The molecule has 1 atom stereocenters. The van der Waals surface area contributed by atoms with Crippen molar-refractivity contribution in [2.45, 2.75) is 18.9 Å². The normalized spacial score (nSPS) is 17.6. The Bertz CT molecular complexity index is 1750. The fourth-order valence-corrected chi connectivity index (χ4v) is 6.91. The lowest BCUT2D eigenvalue weighted by atomic mass is 9.85. The summed E-state index contributed by atoms with van der Waals surface area (Å²) in [6.45, 7) is 0. The first-order valence-electron chi connectivity index (χ1n) is 11.0. The molecule has 0 bridgehead atoms. The van der Waals surface area contributed by atoms with Crippen LogP contribution in [0.1, 0.15) is 34.0 Å². The summed E-state index contributed by atoms with van der Waals surface area (Å²) in [6, 6.07) is 20.8. The molecule has 0 unspecified atom stereocenters. The molecular weight excluding hydrogens is 446 g/mol. The fraction of sp³-hybridized carbons (Fsp3) is 0.111. The van der Waals surface area contributed by atoms with Gasteiger partial charge in [-0.25, -0.2) is 4.99 Å². The smallest absolute Gasteiger partial charge is 0.271 e. The minimum absolute atomic E-state index is 0.0350. The summed E-state index contributed by atoms with van der Waals surface area (Å²) >= 11 is 3.19. The van der Waals surface area contributed by atoms with Gasteiger partial charge in [-0.1, -0.05) is 59.9 Å². The molecule has 0 spiro atoms. The van der Waals surface area contributed by atoms with E-state index in [0.29, 0.717) is 4.53 Å². The summed E-state index contributed by atoms with van der Waals surface area (Å²) in [6.07, 6.45) is 5.88. The molecule has 2 aliphatic rings. The summed E-state index contributed by atoms with van der Waals surface area (Å²) in [7, 11) is 0. The van der Waals surface area contributed by atoms with Crippen LogP contribution in [0.4, 0.5) is 0 Å². The summed E-state index contributed by atoms with van der Waals surface area (Å²) in [5, 5.41) is 3.21. The average Bonchev–Trinajstić information content (AvgIpc) is 3.59. The standard InChI is InChI=1S/C27H19N3OS2/c31-26-23(14-17-15-28-21-9-4-3-7-18(17)21)33-27-29-24-19-8-2-1-6-16(19)11-12-20(24)25(30(26)27)22-10-5-13-32-22/h1-10,13-15,25,28H,11-12H2/b23-14-/t25-/m0/s1. The fourth-order valence-electron chi connectivity index (χ4n) is 5.07. The van der Waals surface area contributed by atoms with Gasteiger partial charge in [-0.3, -0.25) is 9.36 Å². The molecule has 1 aliphatic heterocycles. The van der Waals surface area contributed by atoms with Crippen LogP contribution in [-0.4, -0.2) is 9.55 Å². The van der Waals surface area contributed by atoms with Crippen LogP contribution in [0.5, 0.6) is 0 Å². The molecule has 4 heterocycles. The summed E-state index contributed by atoms with van der Waals surface area (Å²) in [4.78, 5) is 24.1. The third kappa shape index (κ3) is 2.88. The Hall–Kier alpha value is -3.48. The molecule has 1 aliphatic carbocycles. The van der Waals surface area contributed by atoms with Crippen LogP contribution < -0.4 is 14.9 Å². The molecule has 0 saturated heterocycles. The highest BCUT2D eigenvalue weighted by Crippen LogP contribution is 2.42. The van der Waals surface area contributed by atoms with E-state index in [1.807, 2.05) is 29.0 Å². The lowest BCUT2D eigenvalue weighted by molar-refractivity contribution is 0.593. The Morgan fingerprint density at radius 1 is 1.03 bits per heavy atom. The summed E-state index contributed by atoms with van der Waals surface area (Å²) in [5.41, 5.74) is 6.97. The van der Waals surface area contributed by atoms with Crippen molar-refractivity contribution in [3.63, 3.8) is 0 Å². The number of para-hydroxylation sites is 1. The topological polar surface area (TPSA) is 50.1 Å². The van der Waals surface area contributed by atoms with Gasteiger partial charge in [0.1, 0.15) is 0 Å². The number of hydrogen-bond donors (Lipinski definition) is 1. The molecule has 7 rings (SSSR count). The van der Waals surface area contributed by atoms with Gasteiger partial charge in [0.05, 0.1) is 16.3 Å². The predicted molar refractivity (Wildman–Crippen MR) is 135 cm³/mol. The number of allylic oxidation sites excluding steroid dienone is 1. The molecule has 4 nitrogen and oxygen atoms in total. The van der Waals surface area contributed by atoms with Gasteiger partial charge in [0, 0.05) is 33.1 Å². The largest absolute Gasteiger partial charge is 0.361 e. The Morgan fingerprint density at radius 3 is 2.82 bits per heavy atom. The van der Waals surface area contributed by atoms with Crippen LogP contribution in [0.25, 0.3) is 22.7 Å².